The van der Waals surface area contributed by atoms with Crippen LogP contribution in [-0.4, -0.2) is 27.6 Å². The third kappa shape index (κ3) is 3.62. The first-order valence-electron chi connectivity index (χ1n) is 8.24. The van der Waals surface area contributed by atoms with Crippen LogP contribution in [0.1, 0.15) is 11.4 Å². The fourth-order valence-electron chi connectivity index (χ4n) is 2.65. The van der Waals surface area contributed by atoms with Gasteiger partial charge in [0.15, 0.2) is 5.58 Å². The number of hydrogen-bond acceptors (Lipinski definition) is 6. The first kappa shape index (κ1) is 16.4. The molecule has 6 nitrogen and oxygen atoms in total. The summed E-state index contributed by atoms with van der Waals surface area (Å²) in [5, 5.41) is 10.7. The zero-order valence-corrected chi connectivity index (χ0v) is 14.7. The number of aromatic nitrogens is 3. The lowest BCUT2D eigenvalue weighted by molar-refractivity contribution is -0.120. The summed E-state index contributed by atoms with van der Waals surface area (Å²) in [6.45, 7) is 0.533. The average Bonchev–Trinajstić information content (AvgIpc) is 3.30. The molecule has 7 heteroatoms. The van der Waals surface area contributed by atoms with Gasteiger partial charge in [0.25, 0.3) is 0 Å². The largest absolute Gasteiger partial charge is 0.356 e. The molecule has 26 heavy (non-hydrogen) atoms. The molecule has 3 aromatic heterocycles. The van der Waals surface area contributed by atoms with Crippen molar-refractivity contribution in [2.75, 3.05) is 6.54 Å². The minimum absolute atomic E-state index is 0.0771. The highest BCUT2D eigenvalue weighted by molar-refractivity contribution is 7.13. The lowest BCUT2D eigenvalue weighted by Crippen LogP contribution is -2.27. The van der Waals surface area contributed by atoms with E-state index in [1.807, 2.05) is 41.8 Å². The Labute approximate surface area is 153 Å². The molecule has 1 N–H and O–H groups in total. The van der Waals surface area contributed by atoms with Crippen molar-refractivity contribution in [1.29, 1.82) is 0 Å². The van der Waals surface area contributed by atoms with Crippen LogP contribution >= 0.6 is 11.3 Å². The van der Waals surface area contributed by atoms with Crippen LogP contribution in [0.2, 0.25) is 0 Å². The van der Waals surface area contributed by atoms with Crippen molar-refractivity contribution in [3.8, 4) is 10.6 Å². The molecule has 0 unspecified atom stereocenters. The Morgan fingerprint density at radius 1 is 1.19 bits per heavy atom. The maximum absolute atomic E-state index is 12.2. The average molecular weight is 364 g/mol. The van der Waals surface area contributed by atoms with Crippen LogP contribution in [0.4, 0.5) is 0 Å². The van der Waals surface area contributed by atoms with E-state index >= 15 is 0 Å². The van der Waals surface area contributed by atoms with E-state index in [0.29, 0.717) is 24.2 Å². The second kappa shape index (κ2) is 7.45. The second-order valence-electron chi connectivity index (χ2n) is 5.79. The van der Waals surface area contributed by atoms with Crippen molar-refractivity contribution in [2.24, 2.45) is 0 Å². The molecule has 0 fully saturated rings. The van der Waals surface area contributed by atoms with Crippen LogP contribution in [0.15, 0.2) is 58.7 Å². The van der Waals surface area contributed by atoms with Crippen LogP contribution in [0.3, 0.4) is 0 Å². The van der Waals surface area contributed by atoms with Crippen LogP contribution < -0.4 is 5.32 Å². The lowest BCUT2D eigenvalue weighted by Gasteiger charge is -2.02. The molecule has 1 amide bonds. The Kier molecular flexibility index (Phi) is 4.70. The molecular formula is C19H16N4O2S. The standard InChI is InChI=1S/C19H16N4O2S/c24-18(10-16-15-5-1-2-6-17(15)25-23-16)21-9-7-14-12-26-19(22-14)13-4-3-8-20-11-13/h1-6,8,11-12H,7,9-10H2,(H,21,24). The number of carbonyl (C=O) groups is 1. The van der Waals surface area contributed by atoms with Gasteiger partial charge in [-0.25, -0.2) is 4.98 Å². The number of carbonyl (C=O) groups excluding carboxylic acids is 1. The number of amides is 1. The van der Waals surface area contributed by atoms with Gasteiger partial charge in [0.05, 0.1) is 12.1 Å². The molecule has 0 bridgehead atoms. The summed E-state index contributed by atoms with van der Waals surface area (Å²) in [7, 11) is 0. The molecule has 4 rings (SSSR count). The number of benzene rings is 1. The zero-order chi connectivity index (χ0) is 17.8. The Balaban J connectivity index is 1.31. The molecule has 1 aromatic carbocycles. The van der Waals surface area contributed by atoms with E-state index in [9.17, 15) is 4.79 Å². The van der Waals surface area contributed by atoms with E-state index in [-0.39, 0.29) is 12.3 Å². The van der Waals surface area contributed by atoms with Crippen molar-refractivity contribution in [2.45, 2.75) is 12.8 Å². The fourth-order valence-corrected chi connectivity index (χ4v) is 3.50. The van der Waals surface area contributed by atoms with Crippen molar-refractivity contribution in [3.63, 3.8) is 0 Å². The minimum Gasteiger partial charge on any atom is -0.356 e. The van der Waals surface area contributed by atoms with Gasteiger partial charge in [-0.15, -0.1) is 11.3 Å². The minimum atomic E-state index is -0.0771. The van der Waals surface area contributed by atoms with Gasteiger partial charge >= 0.3 is 0 Å². The van der Waals surface area contributed by atoms with Gasteiger partial charge in [-0.05, 0) is 24.3 Å². The Bertz CT molecular complexity index is 1030. The van der Waals surface area contributed by atoms with E-state index < -0.39 is 0 Å². The van der Waals surface area contributed by atoms with E-state index in [0.717, 1.165) is 21.7 Å². The number of hydrogen-bond donors (Lipinski definition) is 1. The summed E-state index contributed by atoms with van der Waals surface area (Å²) in [6, 6.07) is 11.4. The molecule has 0 radical (unpaired) electrons. The van der Waals surface area contributed by atoms with Gasteiger partial charge in [-0.1, -0.05) is 17.3 Å². The smallest absolute Gasteiger partial charge is 0.226 e. The third-order valence-electron chi connectivity index (χ3n) is 3.94. The van der Waals surface area contributed by atoms with Crippen molar-refractivity contribution >= 4 is 28.2 Å². The van der Waals surface area contributed by atoms with Crippen LogP contribution in [0.25, 0.3) is 21.5 Å². The number of nitrogens with one attached hydrogen (secondary N) is 1. The van der Waals surface area contributed by atoms with Crippen LogP contribution in [0, 0.1) is 0 Å². The summed E-state index contributed by atoms with van der Waals surface area (Å²) < 4.78 is 5.22. The molecule has 4 aromatic rings. The summed E-state index contributed by atoms with van der Waals surface area (Å²) >= 11 is 1.58. The Morgan fingerprint density at radius 2 is 2.12 bits per heavy atom. The highest BCUT2D eigenvalue weighted by Crippen LogP contribution is 2.22. The van der Waals surface area contributed by atoms with Gasteiger partial charge in [0, 0.05) is 41.7 Å². The molecule has 0 spiro atoms. The SMILES string of the molecule is O=C(Cc1noc2ccccc12)NCCc1csc(-c2cccnc2)n1. The predicted molar refractivity (Wildman–Crippen MR) is 99.8 cm³/mol. The Hall–Kier alpha value is -3.06. The molecule has 0 saturated heterocycles. The maximum atomic E-state index is 12.2. The van der Waals surface area contributed by atoms with Crippen LogP contribution in [-0.2, 0) is 17.6 Å². The summed E-state index contributed by atoms with van der Waals surface area (Å²) in [6.07, 6.45) is 4.43. The molecule has 0 aliphatic rings. The number of thiazole rings is 1. The molecule has 0 atom stereocenters. The molecule has 3 heterocycles. The normalized spacial score (nSPS) is 10.9. The maximum Gasteiger partial charge on any atom is 0.226 e. The van der Waals surface area contributed by atoms with Gasteiger partial charge in [-0.2, -0.15) is 0 Å². The first-order chi connectivity index (χ1) is 12.8. The summed E-state index contributed by atoms with van der Waals surface area (Å²) in [5.74, 6) is -0.0771. The van der Waals surface area contributed by atoms with Gasteiger partial charge in [-0.3, -0.25) is 9.78 Å². The number of rotatable bonds is 6. The van der Waals surface area contributed by atoms with E-state index in [4.69, 9.17) is 4.52 Å². The number of nitrogens with zero attached hydrogens (tertiary/aromatic N) is 3. The summed E-state index contributed by atoms with van der Waals surface area (Å²) in [5.41, 5.74) is 3.32. The van der Waals surface area contributed by atoms with E-state index in [1.54, 1.807) is 23.7 Å². The molecule has 130 valence electrons. The second-order valence-corrected chi connectivity index (χ2v) is 6.65. The Morgan fingerprint density at radius 3 is 3.00 bits per heavy atom. The molecule has 0 aliphatic carbocycles. The number of fused-ring (bicyclic) bond motifs is 1. The lowest BCUT2D eigenvalue weighted by atomic mass is 10.1. The van der Waals surface area contributed by atoms with E-state index in [2.05, 4.69) is 20.4 Å². The highest BCUT2D eigenvalue weighted by Gasteiger charge is 2.12. The number of pyridine rings is 1. The van der Waals surface area contributed by atoms with Gasteiger partial charge in [0.1, 0.15) is 10.7 Å². The predicted octanol–water partition coefficient (Wildman–Crippen LogP) is 3.25. The zero-order valence-electron chi connectivity index (χ0n) is 13.9. The topological polar surface area (TPSA) is 80.9 Å². The summed E-state index contributed by atoms with van der Waals surface area (Å²) in [4.78, 5) is 20.9. The molecule has 0 saturated carbocycles. The monoisotopic (exact) mass is 364 g/mol. The van der Waals surface area contributed by atoms with Gasteiger partial charge in [0.2, 0.25) is 5.91 Å². The van der Waals surface area contributed by atoms with Gasteiger partial charge < -0.3 is 9.84 Å². The quantitative estimate of drug-likeness (QED) is 0.568. The van der Waals surface area contributed by atoms with E-state index in [1.165, 1.54) is 0 Å². The van der Waals surface area contributed by atoms with Crippen molar-refractivity contribution in [1.82, 2.24) is 20.4 Å². The first-order valence-corrected chi connectivity index (χ1v) is 9.12. The van der Waals surface area contributed by atoms with Crippen molar-refractivity contribution in [3.05, 3.63) is 65.6 Å². The third-order valence-corrected chi connectivity index (χ3v) is 4.88. The molecule has 0 aliphatic heterocycles. The van der Waals surface area contributed by atoms with Crippen molar-refractivity contribution < 1.29 is 9.32 Å². The fraction of sp³-hybridized carbons (Fsp3) is 0.158. The molecular weight excluding hydrogens is 348 g/mol. The highest BCUT2D eigenvalue weighted by atomic mass is 32.1. The van der Waals surface area contributed by atoms with Crippen LogP contribution in [0.5, 0.6) is 0 Å². The number of para-hydroxylation sites is 1.